The van der Waals surface area contributed by atoms with Gasteiger partial charge in [0.15, 0.2) is 0 Å². The van der Waals surface area contributed by atoms with E-state index in [2.05, 4.69) is 4.98 Å². The molecule has 0 atom stereocenters. The Labute approximate surface area is 118 Å². The number of nitrogens with two attached hydrogens (primary N) is 1. The molecule has 0 bridgehead atoms. The Morgan fingerprint density at radius 3 is 2.60 bits per heavy atom. The van der Waals surface area contributed by atoms with Crippen LogP contribution in [0.1, 0.15) is 29.8 Å². The summed E-state index contributed by atoms with van der Waals surface area (Å²) in [5.41, 5.74) is 5.74. The van der Waals surface area contributed by atoms with Crippen molar-refractivity contribution in [3.63, 3.8) is 0 Å². The molecule has 3 rings (SSSR count). The second-order valence-electron chi connectivity index (χ2n) is 5.52. The van der Waals surface area contributed by atoms with Crippen LogP contribution in [0.3, 0.4) is 0 Å². The van der Waals surface area contributed by atoms with Gasteiger partial charge in [0, 0.05) is 6.42 Å². The molecule has 2 aromatic rings. The number of aromatic nitrogens is 1. The summed E-state index contributed by atoms with van der Waals surface area (Å²) in [6.07, 6.45) is -0.171. The smallest absolute Gasteiger partial charge is 0.330 e. The van der Waals surface area contributed by atoms with Gasteiger partial charge in [-0.05, 0) is 43.0 Å². The number of hydrogen-bond acceptors (Lipinski definition) is 3. The van der Waals surface area contributed by atoms with E-state index in [9.17, 15) is 13.2 Å². The lowest BCUT2D eigenvalue weighted by atomic mass is 9.67. The molecule has 1 heterocycles. The van der Waals surface area contributed by atoms with Gasteiger partial charge in [0.05, 0.1) is 20.8 Å². The first kappa shape index (κ1) is 13.8. The molecule has 1 aromatic carbocycles. The highest BCUT2D eigenvalue weighted by Crippen LogP contribution is 2.44. The van der Waals surface area contributed by atoms with E-state index < -0.39 is 11.7 Å². The SMILES string of the molecule is NCC1(Cc2nc3cc(C(F)(F)F)ccc3s2)CCC1. The fourth-order valence-electron chi connectivity index (χ4n) is 2.68. The Morgan fingerprint density at radius 1 is 1.30 bits per heavy atom. The zero-order valence-electron chi connectivity index (χ0n) is 10.8. The molecule has 108 valence electrons. The highest BCUT2D eigenvalue weighted by Gasteiger charge is 2.36. The van der Waals surface area contributed by atoms with E-state index in [0.29, 0.717) is 12.1 Å². The maximum absolute atomic E-state index is 12.7. The van der Waals surface area contributed by atoms with Crippen molar-refractivity contribution in [2.24, 2.45) is 11.1 Å². The third kappa shape index (κ3) is 2.42. The van der Waals surface area contributed by atoms with Crippen molar-refractivity contribution in [3.05, 3.63) is 28.8 Å². The standard InChI is InChI=1S/C14H15F3N2S/c15-14(16,17)9-2-3-11-10(6-9)19-12(20-11)7-13(8-18)4-1-5-13/h2-3,6H,1,4-5,7-8,18H2. The molecule has 0 amide bonds. The van der Waals surface area contributed by atoms with Crippen molar-refractivity contribution in [1.82, 2.24) is 4.98 Å². The fraction of sp³-hybridized carbons (Fsp3) is 0.500. The highest BCUT2D eigenvalue weighted by molar-refractivity contribution is 7.18. The molecular weight excluding hydrogens is 285 g/mol. The maximum atomic E-state index is 12.7. The summed E-state index contributed by atoms with van der Waals surface area (Å²) in [4.78, 5) is 4.36. The molecule has 1 aliphatic carbocycles. The van der Waals surface area contributed by atoms with Crippen LogP contribution in [0.2, 0.25) is 0 Å². The van der Waals surface area contributed by atoms with Gasteiger partial charge in [-0.2, -0.15) is 13.2 Å². The summed E-state index contributed by atoms with van der Waals surface area (Å²) in [5, 5.41) is 0.893. The lowest BCUT2D eigenvalue weighted by Gasteiger charge is -2.40. The molecular formula is C14H15F3N2S. The fourth-order valence-corrected chi connectivity index (χ4v) is 3.80. The van der Waals surface area contributed by atoms with Crippen molar-refractivity contribution in [3.8, 4) is 0 Å². The Hall–Kier alpha value is -1.14. The maximum Gasteiger partial charge on any atom is 0.416 e. The molecule has 1 aliphatic rings. The van der Waals surface area contributed by atoms with Crippen LogP contribution in [0.15, 0.2) is 18.2 Å². The van der Waals surface area contributed by atoms with E-state index in [1.807, 2.05) is 0 Å². The summed E-state index contributed by atoms with van der Waals surface area (Å²) < 4.78 is 38.8. The van der Waals surface area contributed by atoms with Gasteiger partial charge in [0.25, 0.3) is 0 Å². The molecule has 0 unspecified atom stereocenters. The number of nitrogens with zero attached hydrogens (tertiary/aromatic N) is 1. The van der Waals surface area contributed by atoms with E-state index >= 15 is 0 Å². The highest BCUT2D eigenvalue weighted by atomic mass is 32.1. The van der Waals surface area contributed by atoms with Crippen LogP contribution in [-0.2, 0) is 12.6 Å². The van der Waals surface area contributed by atoms with E-state index in [-0.39, 0.29) is 5.41 Å². The average Bonchev–Trinajstić information content (AvgIpc) is 2.73. The van der Waals surface area contributed by atoms with Gasteiger partial charge in [-0.3, -0.25) is 0 Å². The minimum atomic E-state index is -4.32. The van der Waals surface area contributed by atoms with Crippen LogP contribution in [0.25, 0.3) is 10.2 Å². The zero-order chi connectivity index (χ0) is 14.4. The van der Waals surface area contributed by atoms with Gasteiger partial charge < -0.3 is 5.73 Å². The molecule has 0 radical (unpaired) electrons. The quantitative estimate of drug-likeness (QED) is 0.931. The molecule has 0 spiro atoms. The lowest BCUT2D eigenvalue weighted by Crippen LogP contribution is -2.39. The Bertz CT molecular complexity index is 623. The Kier molecular flexibility index (Phi) is 3.25. The third-order valence-electron chi connectivity index (χ3n) is 4.13. The van der Waals surface area contributed by atoms with Gasteiger partial charge in [-0.15, -0.1) is 11.3 Å². The third-order valence-corrected chi connectivity index (χ3v) is 5.17. The second kappa shape index (κ2) is 4.70. The second-order valence-corrected chi connectivity index (χ2v) is 6.64. The van der Waals surface area contributed by atoms with Gasteiger partial charge >= 0.3 is 6.18 Å². The summed E-state index contributed by atoms with van der Waals surface area (Å²) in [7, 11) is 0. The van der Waals surface area contributed by atoms with E-state index in [4.69, 9.17) is 5.73 Å². The van der Waals surface area contributed by atoms with Crippen molar-refractivity contribution < 1.29 is 13.2 Å². The average molecular weight is 300 g/mol. The van der Waals surface area contributed by atoms with Crippen LogP contribution in [0.4, 0.5) is 13.2 Å². The Morgan fingerprint density at radius 2 is 2.05 bits per heavy atom. The largest absolute Gasteiger partial charge is 0.416 e. The number of alkyl halides is 3. The number of fused-ring (bicyclic) bond motifs is 1. The zero-order valence-corrected chi connectivity index (χ0v) is 11.7. The van der Waals surface area contributed by atoms with Crippen LogP contribution in [0, 0.1) is 5.41 Å². The van der Waals surface area contributed by atoms with Crippen molar-refractivity contribution >= 4 is 21.6 Å². The van der Waals surface area contributed by atoms with Crippen LogP contribution in [0.5, 0.6) is 0 Å². The lowest BCUT2D eigenvalue weighted by molar-refractivity contribution is -0.137. The molecule has 1 fully saturated rings. The summed E-state index contributed by atoms with van der Waals surface area (Å²) in [5.74, 6) is 0. The number of benzene rings is 1. The molecule has 20 heavy (non-hydrogen) atoms. The van der Waals surface area contributed by atoms with Crippen molar-refractivity contribution in [2.75, 3.05) is 6.54 Å². The number of hydrogen-bond donors (Lipinski definition) is 1. The predicted molar refractivity (Wildman–Crippen MR) is 73.7 cm³/mol. The minimum Gasteiger partial charge on any atom is -0.330 e. The summed E-state index contributed by atoms with van der Waals surface area (Å²) in [6, 6.07) is 3.76. The van der Waals surface area contributed by atoms with Crippen LogP contribution < -0.4 is 5.73 Å². The van der Waals surface area contributed by atoms with Crippen LogP contribution >= 0.6 is 11.3 Å². The van der Waals surface area contributed by atoms with Crippen molar-refractivity contribution in [2.45, 2.75) is 31.9 Å². The molecule has 1 aromatic heterocycles. The van der Waals surface area contributed by atoms with Gasteiger partial charge in [0.1, 0.15) is 0 Å². The first-order valence-corrected chi connectivity index (χ1v) is 7.40. The summed E-state index contributed by atoms with van der Waals surface area (Å²) >= 11 is 1.47. The van der Waals surface area contributed by atoms with Gasteiger partial charge in [-0.1, -0.05) is 6.42 Å². The van der Waals surface area contributed by atoms with Crippen molar-refractivity contribution in [1.29, 1.82) is 0 Å². The number of rotatable bonds is 3. The number of halogens is 3. The van der Waals surface area contributed by atoms with Gasteiger partial charge in [-0.25, -0.2) is 4.98 Å². The van der Waals surface area contributed by atoms with E-state index in [0.717, 1.165) is 41.1 Å². The normalized spacial score (nSPS) is 18.2. The first-order valence-electron chi connectivity index (χ1n) is 6.59. The molecule has 6 heteroatoms. The molecule has 1 saturated carbocycles. The van der Waals surface area contributed by atoms with Crippen LogP contribution in [-0.4, -0.2) is 11.5 Å². The van der Waals surface area contributed by atoms with E-state index in [1.165, 1.54) is 23.8 Å². The molecule has 2 nitrogen and oxygen atoms in total. The molecule has 2 N–H and O–H groups in total. The molecule has 0 saturated heterocycles. The Balaban J connectivity index is 1.91. The number of thiazole rings is 1. The summed E-state index contributed by atoms with van der Waals surface area (Å²) in [6.45, 7) is 0.622. The minimum absolute atomic E-state index is 0.126. The monoisotopic (exact) mass is 300 g/mol. The first-order chi connectivity index (χ1) is 9.42. The van der Waals surface area contributed by atoms with Gasteiger partial charge in [0.2, 0.25) is 0 Å². The molecule has 0 aliphatic heterocycles. The predicted octanol–water partition coefficient (Wildman–Crippen LogP) is 3.99. The topological polar surface area (TPSA) is 38.9 Å². The van der Waals surface area contributed by atoms with E-state index in [1.54, 1.807) is 0 Å².